The van der Waals surface area contributed by atoms with Gasteiger partial charge in [-0.2, -0.15) is 0 Å². The van der Waals surface area contributed by atoms with Crippen LogP contribution in [0.4, 0.5) is 4.79 Å². The van der Waals surface area contributed by atoms with Crippen LogP contribution < -0.4 is 10.6 Å². The van der Waals surface area contributed by atoms with Crippen LogP contribution in [-0.4, -0.2) is 60.4 Å². The van der Waals surface area contributed by atoms with E-state index in [0.29, 0.717) is 29.3 Å². The van der Waals surface area contributed by atoms with Crippen molar-refractivity contribution >= 4 is 59.0 Å². The molecule has 0 aromatic carbocycles. The van der Waals surface area contributed by atoms with Gasteiger partial charge in [0.15, 0.2) is 5.96 Å². The molecule has 30 heavy (non-hydrogen) atoms. The highest BCUT2D eigenvalue weighted by atomic mass is 127. The van der Waals surface area contributed by atoms with Crippen molar-refractivity contribution in [1.29, 1.82) is 0 Å². The Bertz CT molecular complexity index is 688. The van der Waals surface area contributed by atoms with E-state index in [1.165, 1.54) is 11.3 Å². The lowest BCUT2D eigenvalue weighted by molar-refractivity contribution is 0.0185. The van der Waals surface area contributed by atoms with E-state index in [-0.39, 0.29) is 36.6 Å². The summed E-state index contributed by atoms with van der Waals surface area (Å²) < 4.78 is 6.10. The zero-order chi connectivity index (χ0) is 21.4. The van der Waals surface area contributed by atoms with Crippen molar-refractivity contribution in [3.8, 4) is 0 Å². The second-order valence-corrected chi connectivity index (χ2v) is 9.92. The van der Waals surface area contributed by atoms with Crippen LogP contribution in [0.2, 0.25) is 4.34 Å². The summed E-state index contributed by atoms with van der Waals surface area (Å²) in [5.41, 5.74) is -0.467. The molecule has 1 saturated heterocycles. The third-order valence-electron chi connectivity index (χ3n) is 4.51. The molecule has 0 aliphatic carbocycles. The minimum Gasteiger partial charge on any atom is -0.444 e. The van der Waals surface area contributed by atoms with Gasteiger partial charge in [0.25, 0.3) is 0 Å². The van der Waals surface area contributed by atoms with Crippen molar-refractivity contribution in [3.05, 3.63) is 21.3 Å². The average Bonchev–Trinajstić information content (AvgIpc) is 3.09. The summed E-state index contributed by atoms with van der Waals surface area (Å²) in [6.45, 7) is 10.8. The molecular formula is C20H34ClIN4O3S. The molecular weight excluding hydrogens is 539 g/mol. The van der Waals surface area contributed by atoms with E-state index in [1.54, 1.807) is 11.0 Å². The molecule has 0 saturated carbocycles. The Labute approximate surface area is 205 Å². The van der Waals surface area contributed by atoms with Crippen LogP contribution >= 0.6 is 46.9 Å². The third-order valence-corrected chi connectivity index (χ3v) is 5.85. The number of ether oxygens (including phenoxy) is 1. The van der Waals surface area contributed by atoms with Gasteiger partial charge in [-0.3, -0.25) is 4.99 Å². The largest absolute Gasteiger partial charge is 0.444 e. The maximum absolute atomic E-state index is 12.2. The van der Waals surface area contributed by atoms with E-state index in [1.807, 2.05) is 33.8 Å². The van der Waals surface area contributed by atoms with Gasteiger partial charge in [-0.1, -0.05) is 11.6 Å². The molecule has 2 rings (SSSR count). The van der Waals surface area contributed by atoms with E-state index in [9.17, 15) is 9.90 Å². The van der Waals surface area contributed by atoms with Crippen molar-refractivity contribution in [2.24, 2.45) is 10.9 Å². The first-order valence-electron chi connectivity index (χ1n) is 10.1. The second-order valence-electron chi connectivity index (χ2n) is 8.17. The monoisotopic (exact) mass is 572 g/mol. The minimum absolute atomic E-state index is 0. The molecule has 1 aromatic heterocycles. The normalized spacial score (nSPS) is 16.6. The van der Waals surface area contributed by atoms with Crippen molar-refractivity contribution in [3.63, 3.8) is 0 Å². The minimum atomic E-state index is -0.667. The van der Waals surface area contributed by atoms with Gasteiger partial charge in [0.1, 0.15) is 11.7 Å². The lowest BCUT2D eigenvalue weighted by Gasteiger charge is -2.33. The molecule has 1 amide bonds. The second kappa shape index (κ2) is 12.9. The van der Waals surface area contributed by atoms with Gasteiger partial charge in [-0.15, -0.1) is 35.3 Å². The van der Waals surface area contributed by atoms with E-state index >= 15 is 0 Å². The first kappa shape index (κ1) is 27.3. The predicted octanol–water partition coefficient (Wildman–Crippen LogP) is 4.26. The standard InChI is InChI=1S/C20H33ClN4O3S.HI/c1-5-22-18(24-13-15(26)16-6-7-17(21)29-16)23-12-14-8-10-25(11-9-14)19(27)28-20(2,3)4;/h6-7,14-15,26H,5,8-13H2,1-4H3,(H2,22,23,24);1H. The summed E-state index contributed by atoms with van der Waals surface area (Å²) in [6.07, 6.45) is 0.936. The van der Waals surface area contributed by atoms with Crippen molar-refractivity contribution in [2.75, 3.05) is 32.7 Å². The number of hydrogen-bond acceptors (Lipinski definition) is 5. The molecule has 1 aliphatic heterocycles. The number of aliphatic imine (C=N–C) groups is 1. The van der Waals surface area contributed by atoms with E-state index in [4.69, 9.17) is 16.3 Å². The van der Waals surface area contributed by atoms with Gasteiger partial charge in [0.05, 0.1) is 10.9 Å². The Kier molecular flexibility index (Phi) is 11.7. The summed E-state index contributed by atoms with van der Waals surface area (Å²) >= 11 is 7.29. The molecule has 0 bridgehead atoms. The van der Waals surface area contributed by atoms with Crippen LogP contribution in [0.3, 0.4) is 0 Å². The van der Waals surface area contributed by atoms with Crippen LogP contribution in [0.25, 0.3) is 0 Å². The van der Waals surface area contributed by atoms with Crippen molar-refractivity contribution in [1.82, 2.24) is 15.5 Å². The Morgan fingerprint density at radius 2 is 2.03 bits per heavy atom. The number of carbonyl (C=O) groups excluding carboxylic acids is 1. The molecule has 1 aromatic rings. The van der Waals surface area contributed by atoms with Crippen LogP contribution in [0.1, 0.15) is 51.5 Å². The fourth-order valence-electron chi connectivity index (χ4n) is 3.00. The van der Waals surface area contributed by atoms with Crippen molar-refractivity contribution < 1.29 is 14.6 Å². The first-order valence-corrected chi connectivity index (χ1v) is 11.3. The quantitative estimate of drug-likeness (QED) is 0.270. The molecule has 10 heteroatoms. The van der Waals surface area contributed by atoms with Gasteiger partial charge in [-0.05, 0) is 58.6 Å². The number of likely N-dealkylation sites (tertiary alicyclic amines) is 1. The average molecular weight is 573 g/mol. The summed E-state index contributed by atoms with van der Waals surface area (Å²) in [7, 11) is 0. The molecule has 3 N–H and O–H groups in total. The molecule has 1 atom stereocenters. The lowest BCUT2D eigenvalue weighted by atomic mass is 9.97. The number of nitrogens with zero attached hydrogens (tertiary/aromatic N) is 2. The lowest BCUT2D eigenvalue weighted by Crippen LogP contribution is -2.45. The summed E-state index contributed by atoms with van der Waals surface area (Å²) in [4.78, 5) is 19.2. The number of thiophene rings is 1. The highest BCUT2D eigenvalue weighted by Crippen LogP contribution is 2.27. The summed E-state index contributed by atoms with van der Waals surface area (Å²) in [5.74, 6) is 1.14. The van der Waals surface area contributed by atoms with Gasteiger partial charge in [0.2, 0.25) is 0 Å². The van der Waals surface area contributed by atoms with Gasteiger partial charge < -0.3 is 25.4 Å². The van der Waals surface area contributed by atoms with Crippen LogP contribution in [0.5, 0.6) is 0 Å². The van der Waals surface area contributed by atoms with E-state index < -0.39 is 11.7 Å². The maximum atomic E-state index is 12.2. The fraction of sp³-hybridized carbons (Fsp3) is 0.700. The van der Waals surface area contributed by atoms with E-state index in [0.717, 1.165) is 30.8 Å². The third kappa shape index (κ3) is 9.57. The smallest absolute Gasteiger partial charge is 0.410 e. The van der Waals surface area contributed by atoms with Gasteiger partial charge in [-0.25, -0.2) is 4.79 Å². The molecule has 0 spiro atoms. The molecule has 1 aliphatic rings. The summed E-state index contributed by atoms with van der Waals surface area (Å²) in [6, 6.07) is 3.60. The zero-order valence-electron chi connectivity index (χ0n) is 18.1. The van der Waals surface area contributed by atoms with Crippen LogP contribution in [0, 0.1) is 5.92 Å². The molecule has 2 heterocycles. The molecule has 1 fully saturated rings. The Morgan fingerprint density at radius 1 is 1.37 bits per heavy atom. The highest BCUT2D eigenvalue weighted by Gasteiger charge is 2.26. The number of piperidine rings is 1. The van der Waals surface area contributed by atoms with Crippen molar-refractivity contribution in [2.45, 2.75) is 52.2 Å². The maximum Gasteiger partial charge on any atom is 0.410 e. The van der Waals surface area contributed by atoms with Gasteiger partial charge >= 0.3 is 6.09 Å². The first-order chi connectivity index (χ1) is 13.7. The van der Waals surface area contributed by atoms with Gasteiger partial charge in [0, 0.05) is 31.1 Å². The number of aliphatic hydroxyl groups is 1. The number of nitrogens with one attached hydrogen (secondary N) is 2. The number of carbonyl (C=O) groups is 1. The SMILES string of the molecule is CCNC(=NCC(O)c1ccc(Cl)s1)NCC1CCN(C(=O)OC(C)(C)C)CC1.I. The number of guanidine groups is 1. The van der Waals surface area contributed by atoms with Crippen LogP contribution in [-0.2, 0) is 4.74 Å². The fourth-order valence-corrected chi connectivity index (χ4v) is 4.04. The topological polar surface area (TPSA) is 86.2 Å². The summed E-state index contributed by atoms with van der Waals surface area (Å²) in [5, 5.41) is 16.8. The number of aliphatic hydroxyl groups excluding tert-OH is 1. The highest BCUT2D eigenvalue weighted by molar-refractivity contribution is 14.0. The molecule has 7 nitrogen and oxygen atoms in total. The zero-order valence-corrected chi connectivity index (χ0v) is 22.0. The Hall–Kier alpha value is -0.780. The molecule has 172 valence electrons. The number of amides is 1. The predicted molar refractivity (Wildman–Crippen MR) is 134 cm³/mol. The molecule has 0 radical (unpaired) electrons. The number of rotatable bonds is 6. The number of hydrogen-bond donors (Lipinski definition) is 3. The van der Waals surface area contributed by atoms with E-state index in [2.05, 4.69) is 15.6 Å². The molecule has 1 unspecified atom stereocenters. The Balaban J connectivity index is 0.00000450. The number of halogens is 2. The van der Waals surface area contributed by atoms with Crippen LogP contribution in [0.15, 0.2) is 17.1 Å². The Morgan fingerprint density at radius 3 is 2.57 bits per heavy atom.